The molecule has 0 aliphatic heterocycles. The quantitative estimate of drug-likeness (QED) is 0.221. The van der Waals surface area contributed by atoms with Crippen molar-refractivity contribution >= 4 is 76.9 Å². The minimum absolute atomic E-state index is 0.143. The van der Waals surface area contributed by atoms with E-state index in [-0.39, 0.29) is 12.4 Å². The van der Waals surface area contributed by atoms with Crippen molar-refractivity contribution in [2.75, 3.05) is 13.2 Å². The van der Waals surface area contributed by atoms with Crippen LogP contribution in [-0.2, 0) is 9.53 Å². The van der Waals surface area contributed by atoms with E-state index in [9.17, 15) is 9.59 Å². The van der Waals surface area contributed by atoms with Gasteiger partial charge < -0.3 is 13.9 Å². The minimum atomic E-state index is -0.473. The van der Waals surface area contributed by atoms with E-state index in [4.69, 9.17) is 13.9 Å². The van der Waals surface area contributed by atoms with Gasteiger partial charge in [-0.05, 0) is 80.7 Å². The topological polar surface area (TPSA) is 90.1 Å². The summed E-state index contributed by atoms with van der Waals surface area (Å²) >= 11 is 10.2. The molecule has 0 atom stereocenters. The van der Waals surface area contributed by atoms with Gasteiger partial charge in [-0.15, -0.1) is 0 Å². The Kier molecular flexibility index (Phi) is 7.68. The lowest BCUT2D eigenvalue weighted by Crippen LogP contribution is -2.16. The first-order chi connectivity index (χ1) is 14.4. The third-order valence-corrected chi connectivity index (χ3v) is 5.41. The van der Waals surface area contributed by atoms with Crippen LogP contribution in [0, 0.1) is 0 Å². The number of esters is 1. The fourth-order valence-corrected chi connectivity index (χ4v) is 4.31. The molecule has 0 aliphatic rings. The molecule has 0 aliphatic carbocycles. The van der Waals surface area contributed by atoms with Gasteiger partial charge >= 0.3 is 11.9 Å². The molecule has 0 radical (unpaired) electrons. The fourth-order valence-electron chi connectivity index (χ4n) is 2.46. The molecule has 0 fully saturated rings. The standard InChI is InChI=1S/C20H15Br3N2O5/c1-2-28-18(26)10-29-16-4-3-11(5-14(16)22)9-24-25-20(27)17-7-12-6-13(21)8-15(23)19(12)30-17/h3-9H,2,10H2,1H3,(H,25,27)/b24-9-. The summed E-state index contributed by atoms with van der Waals surface area (Å²) in [6.45, 7) is 1.85. The average molecular weight is 603 g/mol. The summed E-state index contributed by atoms with van der Waals surface area (Å²) in [6.07, 6.45) is 1.48. The Balaban J connectivity index is 1.62. The molecule has 10 heteroatoms. The summed E-state index contributed by atoms with van der Waals surface area (Å²) < 4.78 is 18.1. The normalized spacial score (nSPS) is 11.1. The monoisotopic (exact) mass is 600 g/mol. The fraction of sp³-hybridized carbons (Fsp3) is 0.150. The Hall–Kier alpha value is -2.17. The largest absolute Gasteiger partial charge is 0.481 e. The number of hydrogen-bond acceptors (Lipinski definition) is 6. The number of ether oxygens (including phenoxy) is 2. The molecule has 2 aromatic carbocycles. The van der Waals surface area contributed by atoms with Crippen LogP contribution in [0.15, 0.2) is 59.3 Å². The number of halogens is 3. The van der Waals surface area contributed by atoms with E-state index in [1.54, 1.807) is 31.2 Å². The number of nitrogens with one attached hydrogen (secondary N) is 1. The number of hydrazone groups is 1. The van der Waals surface area contributed by atoms with Gasteiger partial charge in [-0.3, -0.25) is 4.79 Å². The maximum absolute atomic E-state index is 12.3. The summed E-state index contributed by atoms with van der Waals surface area (Å²) in [6, 6.07) is 10.5. The van der Waals surface area contributed by atoms with Crippen molar-refractivity contribution in [1.82, 2.24) is 5.43 Å². The zero-order valence-electron chi connectivity index (χ0n) is 15.6. The maximum Gasteiger partial charge on any atom is 0.344 e. The van der Waals surface area contributed by atoms with Crippen molar-refractivity contribution in [2.45, 2.75) is 6.92 Å². The Morgan fingerprint density at radius 3 is 2.67 bits per heavy atom. The highest BCUT2D eigenvalue weighted by Crippen LogP contribution is 2.31. The molecule has 0 saturated heterocycles. The van der Waals surface area contributed by atoms with Crippen molar-refractivity contribution in [1.29, 1.82) is 0 Å². The molecule has 0 bridgehead atoms. The number of benzene rings is 2. The van der Waals surface area contributed by atoms with E-state index in [2.05, 4.69) is 58.3 Å². The van der Waals surface area contributed by atoms with E-state index >= 15 is 0 Å². The van der Waals surface area contributed by atoms with Gasteiger partial charge in [0, 0.05) is 9.86 Å². The Morgan fingerprint density at radius 1 is 1.13 bits per heavy atom. The molecule has 156 valence electrons. The van der Waals surface area contributed by atoms with Crippen LogP contribution in [0.25, 0.3) is 11.0 Å². The Bertz CT molecular complexity index is 1130. The number of amides is 1. The molecule has 7 nitrogen and oxygen atoms in total. The number of hydrogen-bond donors (Lipinski definition) is 1. The lowest BCUT2D eigenvalue weighted by Gasteiger charge is -2.08. The Labute approximate surface area is 197 Å². The van der Waals surface area contributed by atoms with E-state index in [1.807, 2.05) is 12.1 Å². The number of rotatable bonds is 7. The van der Waals surface area contributed by atoms with Gasteiger partial charge in [0.2, 0.25) is 0 Å². The molecule has 1 N–H and O–H groups in total. The highest BCUT2D eigenvalue weighted by atomic mass is 79.9. The number of carbonyl (C=O) groups is 2. The van der Waals surface area contributed by atoms with Crippen LogP contribution in [0.2, 0.25) is 0 Å². The van der Waals surface area contributed by atoms with Gasteiger partial charge in [-0.25, -0.2) is 10.2 Å². The Morgan fingerprint density at radius 2 is 1.93 bits per heavy atom. The molecule has 0 saturated carbocycles. The highest BCUT2D eigenvalue weighted by Gasteiger charge is 2.14. The molecule has 1 heterocycles. The van der Waals surface area contributed by atoms with Crippen LogP contribution in [0.4, 0.5) is 0 Å². The van der Waals surface area contributed by atoms with Crippen LogP contribution in [-0.4, -0.2) is 31.3 Å². The van der Waals surface area contributed by atoms with Crippen LogP contribution in [0.1, 0.15) is 23.0 Å². The second kappa shape index (κ2) is 10.2. The van der Waals surface area contributed by atoms with Gasteiger partial charge in [0.25, 0.3) is 0 Å². The van der Waals surface area contributed by atoms with Gasteiger partial charge in [0.1, 0.15) is 11.3 Å². The first kappa shape index (κ1) is 22.5. The van der Waals surface area contributed by atoms with Crippen LogP contribution in [0.5, 0.6) is 5.75 Å². The number of fused-ring (bicyclic) bond motifs is 1. The summed E-state index contributed by atoms with van der Waals surface area (Å²) in [5.41, 5.74) is 3.72. The van der Waals surface area contributed by atoms with Gasteiger partial charge in [-0.2, -0.15) is 5.10 Å². The van der Waals surface area contributed by atoms with Crippen LogP contribution < -0.4 is 10.2 Å². The smallest absolute Gasteiger partial charge is 0.344 e. The lowest BCUT2D eigenvalue weighted by atomic mass is 10.2. The third kappa shape index (κ3) is 5.71. The predicted molar refractivity (Wildman–Crippen MR) is 123 cm³/mol. The van der Waals surface area contributed by atoms with Gasteiger partial charge in [0.05, 0.1) is 21.8 Å². The predicted octanol–water partition coefficient (Wildman–Crippen LogP) is 5.43. The molecule has 3 rings (SSSR count). The van der Waals surface area contributed by atoms with Crippen LogP contribution >= 0.6 is 47.8 Å². The van der Waals surface area contributed by atoms with E-state index in [1.165, 1.54) is 6.21 Å². The first-order valence-electron chi connectivity index (χ1n) is 8.67. The van der Waals surface area contributed by atoms with E-state index < -0.39 is 11.9 Å². The molecular weight excluding hydrogens is 588 g/mol. The van der Waals surface area contributed by atoms with Crippen LogP contribution in [0.3, 0.4) is 0 Å². The van der Waals surface area contributed by atoms with E-state index in [0.717, 1.165) is 14.3 Å². The molecule has 30 heavy (non-hydrogen) atoms. The minimum Gasteiger partial charge on any atom is -0.481 e. The molecule has 0 spiro atoms. The van der Waals surface area contributed by atoms with Crippen molar-refractivity contribution in [3.63, 3.8) is 0 Å². The molecule has 3 aromatic rings. The van der Waals surface area contributed by atoms with Crippen molar-refractivity contribution in [2.24, 2.45) is 5.10 Å². The molecule has 0 unspecified atom stereocenters. The summed E-state index contributed by atoms with van der Waals surface area (Å²) in [5.74, 6) is -0.283. The van der Waals surface area contributed by atoms with Crippen molar-refractivity contribution in [3.8, 4) is 5.75 Å². The first-order valence-corrected chi connectivity index (χ1v) is 11.0. The van der Waals surface area contributed by atoms with Gasteiger partial charge in [-0.1, -0.05) is 15.9 Å². The third-order valence-electron chi connectivity index (χ3n) is 3.75. The molecule has 1 amide bonds. The maximum atomic E-state index is 12.3. The van der Waals surface area contributed by atoms with Gasteiger partial charge in [0.15, 0.2) is 12.4 Å². The average Bonchev–Trinajstić information content (AvgIpc) is 3.12. The summed E-state index contributed by atoms with van der Waals surface area (Å²) in [4.78, 5) is 23.7. The van der Waals surface area contributed by atoms with E-state index in [0.29, 0.717) is 28.0 Å². The summed E-state index contributed by atoms with van der Waals surface area (Å²) in [7, 11) is 0. The number of nitrogens with zero attached hydrogens (tertiary/aromatic N) is 1. The van der Waals surface area contributed by atoms with Crippen molar-refractivity contribution < 1.29 is 23.5 Å². The molecule has 1 aromatic heterocycles. The zero-order valence-corrected chi connectivity index (χ0v) is 20.3. The summed E-state index contributed by atoms with van der Waals surface area (Å²) in [5, 5.41) is 4.74. The number of carbonyl (C=O) groups excluding carboxylic acids is 2. The highest BCUT2D eigenvalue weighted by molar-refractivity contribution is 9.11. The lowest BCUT2D eigenvalue weighted by molar-refractivity contribution is -0.145. The zero-order chi connectivity index (χ0) is 21.7. The second-order valence-electron chi connectivity index (χ2n) is 5.90. The SMILES string of the molecule is CCOC(=O)COc1ccc(/C=N\NC(=O)c2cc3cc(Br)cc(Br)c3o2)cc1Br. The molecular formula is C20H15Br3N2O5. The second-order valence-corrected chi connectivity index (χ2v) is 8.52. The van der Waals surface area contributed by atoms with Crippen molar-refractivity contribution in [3.05, 3.63) is 61.1 Å². The number of furan rings is 1.